The predicted octanol–water partition coefficient (Wildman–Crippen LogP) is 3.11. The molecule has 2 nitrogen and oxygen atoms in total. The van der Waals surface area contributed by atoms with Gasteiger partial charge in [-0.2, -0.15) is 0 Å². The Bertz CT molecular complexity index is 431. The summed E-state index contributed by atoms with van der Waals surface area (Å²) in [6.45, 7) is 4.26. The van der Waals surface area contributed by atoms with Crippen LogP contribution in [0.15, 0.2) is 24.5 Å². The quantitative estimate of drug-likeness (QED) is 0.638. The van der Waals surface area contributed by atoms with Gasteiger partial charge in [-0.15, -0.1) is 0 Å². The Morgan fingerprint density at radius 1 is 1.38 bits per heavy atom. The van der Waals surface area contributed by atoms with Crippen LogP contribution in [0.25, 0.3) is 5.65 Å². The van der Waals surface area contributed by atoms with E-state index < -0.39 is 0 Å². The summed E-state index contributed by atoms with van der Waals surface area (Å²) < 4.78 is 1.90. The Labute approximate surface area is 82.2 Å². The van der Waals surface area contributed by atoms with E-state index in [0.29, 0.717) is 5.92 Å². The molecule has 68 valence electrons. The average Bonchev–Trinajstić information content (AvgIpc) is 2.52. The van der Waals surface area contributed by atoms with Gasteiger partial charge in [0.05, 0.1) is 0 Å². The Balaban J connectivity index is 2.73. The summed E-state index contributed by atoms with van der Waals surface area (Å²) in [5.74, 6) is 0.444. The van der Waals surface area contributed by atoms with Crippen LogP contribution in [-0.4, -0.2) is 9.38 Å². The first-order valence-corrected chi connectivity index (χ1v) is 4.69. The molecule has 2 rings (SSSR count). The molecule has 0 bridgehead atoms. The topological polar surface area (TPSA) is 17.3 Å². The largest absolute Gasteiger partial charge is 0.290 e. The molecule has 0 unspecified atom stereocenters. The summed E-state index contributed by atoms with van der Waals surface area (Å²) in [4.78, 5) is 4.16. The van der Waals surface area contributed by atoms with Crippen LogP contribution >= 0.6 is 11.6 Å². The lowest BCUT2D eigenvalue weighted by Gasteiger charge is -2.08. The summed E-state index contributed by atoms with van der Waals surface area (Å²) >= 11 is 6.20. The molecular formula is C10H11ClN2. The van der Waals surface area contributed by atoms with Gasteiger partial charge in [-0.3, -0.25) is 4.40 Å². The predicted molar refractivity (Wildman–Crippen MR) is 54.3 cm³/mol. The molecule has 0 saturated heterocycles. The van der Waals surface area contributed by atoms with Gasteiger partial charge in [0.25, 0.3) is 0 Å². The molecule has 0 saturated carbocycles. The van der Waals surface area contributed by atoms with Crippen molar-refractivity contribution >= 4 is 17.2 Å². The van der Waals surface area contributed by atoms with Gasteiger partial charge in [0.15, 0.2) is 0 Å². The number of halogens is 1. The highest BCUT2D eigenvalue weighted by atomic mass is 35.5. The van der Waals surface area contributed by atoms with Crippen LogP contribution in [0.1, 0.15) is 25.3 Å². The lowest BCUT2D eigenvalue weighted by atomic mass is 10.1. The van der Waals surface area contributed by atoms with Crippen molar-refractivity contribution < 1.29 is 0 Å². The molecule has 0 radical (unpaired) electrons. The van der Waals surface area contributed by atoms with Crippen molar-refractivity contribution in [2.45, 2.75) is 19.8 Å². The number of nitrogens with zero attached hydrogens (tertiary/aromatic N) is 2. The van der Waals surface area contributed by atoms with Gasteiger partial charge in [-0.05, 0) is 17.5 Å². The number of hydrogen-bond acceptors (Lipinski definition) is 1. The van der Waals surface area contributed by atoms with E-state index in [1.54, 1.807) is 6.20 Å². The molecule has 0 N–H and O–H groups in total. The molecule has 0 atom stereocenters. The first-order chi connectivity index (χ1) is 6.20. The van der Waals surface area contributed by atoms with Crippen molar-refractivity contribution in [2.75, 3.05) is 0 Å². The standard InChI is InChI=1S/C10H11ClN2/c1-7(2)8-3-4-9-12-5-6-13(9)10(8)11/h3-7H,1-2H3. The maximum atomic E-state index is 6.20. The number of rotatable bonds is 1. The minimum absolute atomic E-state index is 0.444. The third kappa shape index (κ3) is 1.31. The maximum Gasteiger partial charge on any atom is 0.137 e. The summed E-state index contributed by atoms with van der Waals surface area (Å²) in [7, 11) is 0. The lowest BCUT2D eigenvalue weighted by molar-refractivity contribution is 0.854. The van der Waals surface area contributed by atoms with Crippen LogP contribution in [0.4, 0.5) is 0 Å². The van der Waals surface area contributed by atoms with E-state index in [2.05, 4.69) is 18.8 Å². The molecule has 0 aliphatic carbocycles. The normalized spacial score (nSPS) is 11.4. The van der Waals surface area contributed by atoms with Gasteiger partial charge in [-0.1, -0.05) is 31.5 Å². The van der Waals surface area contributed by atoms with Crippen LogP contribution in [-0.2, 0) is 0 Å². The van der Waals surface area contributed by atoms with E-state index in [1.807, 2.05) is 22.7 Å². The average molecular weight is 195 g/mol. The van der Waals surface area contributed by atoms with Crippen LogP contribution in [0.5, 0.6) is 0 Å². The van der Waals surface area contributed by atoms with Crippen LogP contribution in [0, 0.1) is 0 Å². The third-order valence-electron chi connectivity index (χ3n) is 2.15. The van der Waals surface area contributed by atoms with Crippen LogP contribution in [0.2, 0.25) is 5.15 Å². The van der Waals surface area contributed by atoms with Gasteiger partial charge in [-0.25, -0.2) is 4.98 Å². The minimum Gasteiger partial charge on any atom is -0.290 e. The smallest absolute Gasteiger partial charge is 0.137 e. The zero-order chi connectivity index (χ0) is 9.42. The molecule has 0 aliphatic rings. The van der Waals surface area contributed by atoms with Gasteiger partial charge >= 0.3 is 0 Å². The monoisotopic (exact) mass is 194 g/mol. The molecule has 0 fully saturated rings. The van der Waals surface area contributed by atoms with Gasteiger partial charge < -0.3 is 0 Å². The van der Waals surface area contributed by atoms with Gasteiger partial charge in [0.1, 0.15) is 10.8 Å². The minimum atomic E-state index is 0.444. The highest BCUT2D eigenvalue weighted by Crippen LogP contribution is 2.24. The van der Waals surface area contributed by atoms with Crippen molar-refractivity contribution in [2.24, 2.45) is 0 Å². The summed E-state index contributed by atoms with van der Waals surface area (Å²) in [5, 5.41) is 0.769. The van der Waals surface area contributed by atoms with E-state index in [1.165, 1.54) is 0 Å². The summed E-state index contributed by atoms with van der Waals surface area (Å²) in [6.07, 6.45) is 3.63. The van der Waals surface area contributed by atoms with Crippen molar-refractivity contribution in [3.05, 3.63) is 35.2 Å². The van der Waals surface area contributed by atoms with Gasteiger partial charge in [0, 0.05) is 12.4 Å². The number of imidazole rings is 1. The molecule has 0 aliphatic heterocycles. The van der Waals surface area contributed by atoms with Crippen molar-refractivity contribution in [1.29, 1.82) is 0 Å². The number of aromatic nitrogens is 2. The summed E-state index contributed by atoms with van der Waals surface area (Å²) in [6, 6.07) is 4.02. The van der Waals surface area contributed by atoms with E-state index in [9.17, 15) is 0 Å². The second-order valence-electron chi connectivity index (χ2n) is 3.39. The van der Waals surface area contributed by atoms with E-state index in [0.717, 1.165) is 16.4 Å². The molecule has 0 spiro atoms. The van der Waals surface area contributed by atoms with Crippen LogP contribution in [0.3, 0.4) is 0 Å². The molecule has 2 aromatic heterocycles. The molecule has 2 heterocycles. The SMILES string of the molecule is CC(C)c1ccc2nccn2c1Cl. The second kappa shape index (κ2) is 3.04. The van der Waals surface area contributed by atoms with Crippen molar-refractivity contribution in [3.8, 4) is 0 Å². The Morgan fingerprint density at radius 2 is 2.15 bits per heavy atom. The van der Waals surface area contributed by atoms with E-state index in [-0.39, 0.29) is 0 Å². The molecule has 0 aromatic carbocycles. The number of pyridine rings is 1. The summed E-state index contributed by atoms with van der Waals surface area (Å²) in [5.41, 5.74) is 2.06. The molecular weight excluding hydrogens is 184 g/mol. The highest BCUT2D eigenvalue weighted by molar-refractivity contribution is 6.30. The maximum absolute atomic E-state index is 6.20. The zero-order valence-electron chi connectivity index (χ0n) is 7.66. The second-order valence-corrected chi connectivity index (χ2v) is 3.75. The fourth-order valence-electron chi connectivity index (χ4n) is 1.41. The highest BCUT2D eigenvalue weighted by Gasteiger charge is 2.07. The Morgan fingerprint density at radius 3 is 2.85 bits per heavy atom. The first-order valence-electron chi connectivity index (χ1n) is 4.31. The Hall–Kier alpha value is -1.02. The van der Waals surface area contributed by atoms with Crippen molar-refractivity contribution in [1.82, 2.24) is 9.38 Å². The molecule has 2 aromatic rings. The fraction of sp³-hybridized carbons (Fsp3) is 0.300. The molecule has 13 heavy (non-hydrogen) atoms. The fourth-order valence-corrected chi connectivity index (χ4v) is 1.83. The van der Waals surface area contributed by atoms with Crippen LogP contribution < -0.4 is 0 Å². The lowest BCUT2D eigenvalue weighted by Crippen LogP contribution is -1.94. The molecule has 0 amide bonds. The number of hydrogen-bond donors (Lipinski definition) is 0. The molecule has 3 heteroatoms. The van der Waals surface area contributed by atoms with Gasteiger partial charge in [0.2, 0.25) is 0 Å². The van der Waals surface area contributed by atoms with E-state index >= 15 is 0 Å². The van der Waals surface area contributed by atoms with Crippen molar-refractivity contribution in [3.63, 3.8) is 0 Å². The van der Waals surface area contributed by atoms with E-state index in [4.69, 9.17) is 11.6 Å². The Kier molecular flexibility index (Phi) is 2.00. The third-order valence-corrected chi connectivity index (χ3v) is 2.55. The zero-order valence-corrected chi connectivity index (χ0v) is 8.42. The number of fused-ring (bicyclic) bond motifs is 1. The first kappa shape index (κ1) is 8.57.